The largest absolute Gasteiger partial charge is 0.459 e. The molecule has 10 aliphatic rings. The molecule has 2 aromatic carbocycles. The molecule has 12 rings (SSSR count). The topological polar surface area (TPSA) is 156 Å². The number of esters is 2. The Balaban J connectivity index is 0.672. The lowest BCUT2D eigenvalue weighted by atomic mass is 9.78. The van der Waals surface area contributed by atoms with Crippen molar-refractivity contribution in [2.45, 2.75) is 232 Å². The Kier molecular flexibility index (Phi) is 14.4. The number of aliphatic hydroxyl groups is 1. The van der Waals surface area contributed by atoms with Gasteiger partial charge in [0.25, 0.3) is 0 Å². The Hall–Kier alpha value is -3.80. The third kappa shape index (κ3) is 10.4. The van der Waals surface area contributed by atoms with Crippen LogP contribution in [0.3, 0.4) is 0 Å². The molecule has 0 amide bonds. The summed E-state index contributed by atoms with van der Waals surface area (Å²) in [6.07, 6.45) is 16.1. The van der Waals surface area contributed by atoms with Gasteiger partial charge in [-0.25, -0.2) is 4.79 Å². The first kappa shape index (κ1) is 51.0. The number of fused-ring (bicyclic) bond motifs is 10. The second kappa shape index (κ2) is 20.9. The van der Waals surface area contributed by atoms with Gasteiger partial charge in [-0.15, -0.1) is 0 Å². The van der Waals surface area contributed by atoms with Gasteiger partial charge in [0.05, 0.1) is 103 Å². The number of benzene rings is 2. The Labute approximate surface area is 435 Å². The summed E-state index contributed by atoms with van der Waals surface area (Å²) in [5, 5.41) is 13.6. The van der Waals surface area contributed by atoms with Gasteiger partial charge in [-0.1, -0.05) is 87.2 Å². The summed E-state index contributed by atoms with van der Waals surface area (Å²) >= 11 is 0. The first-order valence-electron chi connectivity index (χ1n) is 27.8. The van der Waals surface area contributed by atoms with E-state index in [9.17, 15) is 14.7 Å². The molecule has 10 aliphatic heterocycles. The molecular formula is C60H76O14. The van der Waals surface area contributed by atoms with Crippen molar-refractivity contribution in [3.8, 4) is 0 Å². The van der Waals surface area contributed by atoms with E-state index in [1.165, 1.54) is 0 Å². The van der Waals surface area contributed by atoms with E-state index in [2.05, 4.69) is 70.7 Å². The van der Waals surface area contributed by atoms with Crippen LogP contribution in [0.25, 0.3) is 10.8 Å². The molecule has 22 atom stereocenters. The summed E-state index contributed by atoms with van der Waals surface area (Å²) in [6, 6.07) is 13.4. The predicted molar refractivity (Wildman–Crippen MR) is 272 cm³/mol. The molecule has 2 aromatic rings. The molecule has 14 heteroatoms. The third-order valence-electron chi connectivity index (χ3n) is 18.0. The molecule has 0 spiro atoms. The minimum Gasteiger partial charge on any atom is -0.459 e. The molecule has 22 unspecified atom stereocenters. The van der Waals surface area contributed by atoms with Gasteiger partial charge in [0.1, 0.15) is 37.1 Å². The first-order chi connectivity index (χ1) is 35.7. The molecule has 0 saturated carbocycles. The van der Waals surface area contributed by atoms with E-state index in [0.717, 1.165) is 42.0 Å². The zero-order chi connectivity index (χ0) is 50.9. The number of ether oxygens (including phenoxy) is 11. The second-order valence-electron chi connectivity index (χ2n) is 24.0. The van der Waals surface area contributed by atoms with E-state index < -0.39 is 29.4 Å². The fourth-order valence-corrected chi connectivity index (χ4v) is 14.4. The molecule has 7 saturated heterocycles. The zero-order valence-electron chi connectivity index (χ0n) is 43.4. The van der Waals surface area contributed by atoms with Gasteiger partial charge < -0.3 is 57.2 Å². The fourth-order valence-electron chi connectivity index (χ4n) is 14.4. The Morgan fingerprint density at radius 1 is 0.662 bits per heavy atom. The van der Waals surface area contributed by atoms with Gasteiger partial charge in [-0.3, -0.25) is 4.79 Å². The SMILES string of the molecule is C=C(COC(=O)c1ccc2ccccc2c1)CC1CC(O)C2OC3CC4(C)OC5/C=C\CC6OC7C(C)CC8OC9(C)CC(C)CC%10OC(=O)CC%10OC9CC8OC7C/C=C\CC6OC5C/C=C\C4OC3CC2O1. The number of carbonyl (C=O) groups excluding carboxylic acids is 2. The van der Waals surface area contributed by atoms with Crippen LogP contribution in [0.1, 0.15) is 122 Å². The molecule has 0 radical (unpaired) electrons. The lowest BCUT2D eigenvalue weighted by molar-refractivity contribution is -0.307. The Bertz CT molecular complexity index is 2490. The van der Waals surface area contributed by atoms with Crippen molar-refractivity contribution >= 4 is 22.7 Å². The fraction of sp³-hybridized carbons (Fsp3) is 0.667. The molecule has 10 heterocycles. The number of hydrogen-bond donors (Lipinski definition) is 1. The van der Waals surface area contributed by atoms with Gasteiger partial charge >= 0.3 is 11.9 Å². The highest BCUT2D eigenvalue weighted by Crippen LogP contribution is 2.48. The summed E-state index contributed by atoms with van der Waals surface area (Å²) in [7, 11) is 0. The smallest absolute Gasteiger partial charge is 0.338 e. The van der Waals surface area contributed by atoms with Crippen molar-refractivity contribution in [1.82, 2.24) is 0 Å². The highest BCUT2D eigenvalue weighted by Gasteiger charge is 2.57. The van der Waals surface area contributed by atoms with Crippen LogP contribution in [0.2, 0.25) is 0 Å². The van der Waals surface area contributed by atoms with Crippen LogP contribution in [0, 0.1) is 11.8 Å². The monoisotopic (exact) mass is 1020 g/mol. The summed E-state index contributed by atoms with van der Waals surface area (Å²) in [5.74, 6) is -0.107. The van der Waals surface area contributed by atoms with Crippen molar-refractivity contribution < 1.29 is 66.8 Å². The Morgan fingerprint density at radius 3 is 2.27 bits per heavy atom. The summed E-state index contributed by atoms with van der Waals surface area (Å²) in [6.45, 7) is 13.1. The molecule has 7 fully saturated rings. The highest BCUT2D eigenvalue weighted by atomic mass is 16.6. The van der Waals surface area contributed by atoms with E-state index in [1.54, 1.807) is 6.07 Å². The van der Waals surface area contributed by atoms with Crippen LogP contribution in [-0.4, -0.2) is 145 Å². The summed E-state index contributed by atoms with van der Waals surface area (Å²) in [4.78, 5) is 25.3. The third-order valence-corrected chi connectivity index (χ3v) is 18.0. The van der Waals surface area contributed by atoms with Crippen molar-refractivity contribution in [2.75, 3.05) is 6.61 Å². The van der Waals surface area contributed by atoms with E-state index in [4.69, 9.17) is 52.1 Å². The molecule has 14 nitrogen and oxygen atoms in total. The summed E-state index contributed by atoms with van der Waals surface area (Å²) in [5.41, 5.74) is -0.0278. The van der Waals surface area contributed by atoms with E-state index in [-0.39, 0.29) is 123 Å². The normalized spacial score (nSPS) is 47.2. The molecule has 0 aromatic heterocycles. The molecule has 1 N–H and O–H groups in total. The van der Waals surface area contributed by atoms with Gasteiger partial charge in [-0.2, -0.15) is 0 Å². The minimum absolute atomic E-state index is 0.0641. The maximum absolute atomic E-state index is 13.0. The average molecular weight is 1020 g/mol. The lowest BCUT2D eigenvalue weighted by Gasteiger charge is -2.54. The van der Waals surface area contributed by atoms with Gasteiger partial charge in [0.2, 0.25) is 0 Å². The number of carbonyl (C=O) groups is 2. The van der Waals surface area contributed by atoms with Gasteiger partial charge in [-0.05, 0) is 106 Å². The maximum Gasteiger partial charge on any atom is 0.338 e. The standard InChI is InChI=1S/C60H76O14/c1-33-23-46-49(29-55(62)70-46)69-54-28-48-50(74-59(54,4)30-33)24-35(3)56-45(67-48)15-9-8-14-41-42(71-56)16-10-18-44-43(66-41)17-11-19-53-60(5,73-44)31-52-47(68-53)27-51-57(72-52)40(61)26-39(65-51)22-34(2)32-64-58(63)38-21-20-36-12-6-7-13-37(36)25-38/h6-13,18-21,25,33,35,39-54,56-57,61H,2,14-17,22-24,26-32H2,1,3-5H3/b9-8-,18-10-,19-11-. The molecule has 74 heavy (non-hydrogen) atoms. The summed E-state index contributed by atoms with van der Waals surface area (Å²) < 4.78 is 74.2. The zero-order valence-corrected chi connectivity index (χ0v) is 43.4. The van der Waals surface area contributed by atoms with Crippen molar-refractivity contribution in [1.29, 1.82) is 0 Å². The van der Waals surface area contributed by atoms with Crippen LogP contribution < -0.4 is 0 Å². The van der Waals surface area contributed by atoms with Crippen LogP contribution in [0.15, 0.2) is 91.1 Å². The molecule has 0 bridgehead atoms. The number of aliphatic hydroxyl groups excluding tert-OH is 1. The minimum atomic E-state index is -0.745. The maximum atomic E-state index is 13.0. The number of rotatable bonds is 5. The first-order valence-corrected chi connectivity index (χ1v) is 27.8. The van der Waals surface area contributed by atoms with Crippen molar-refractivity contribution in [3.63, 3.8) is 0 Å². The number of hydrogen-bond acceptors (Lipinski definition) is 14. The molecule has 400 valence electrons. The molecular weight excluding hydrogens is 945 g/mol. The van der Waals surface area contributed by atoms with Crippen LogP contribution in [-0.2, 0) is 56.9 Å². The van der Waals surface area contributed by atoms with Gasteiger partial charge in [0.15, 0.2) is 0 Å². The quantitative estimate of drug-likeness (QED) is 0.225. The van der Waals surface area contributed by atoms with Crippen molar-refractivity contribution in [3.05, 3.63) is 96.6 Å². The Morgan fingerprint density at radius 2 is 1.41 bits per heavy atom. The van der Waals surface area contributed by atoms with E-state index >= 15 is 0 Å². The van der Waals surface area contributed by atoms with Crippen LogP contribution >= 0.6 is 0 Å². The van der Waals surface area contributed by atoms with E-state index in [1.807, 2.05) is 36.4 Å². The van der Waals surface area contributed by atoms with Crippen molar-refractivity contribution in [2.24, 2.45) is 11.8 Å². The van der Waals surface area contributed by atoms with E-state index in [0.29, 0.717) is 62.8 Å². The van der Waals surface area contributed by atoms with Crippen LogP contribution in [0.4, 0.5) is 0 Å². The lowest BCUT2D eigenvalue weighted by Crippen LogP contribution is -2.64. The predicted octanol–water partition coefficient (Wildman–Crippen LogP) is 8.54. The molecule has 0 aliphatic carbocycles. The second-order valence-corrected chi connectivity index (χ2v) is 24.0. The highest BCUT2D eigenvalue weighted by molar-refractivity contribution is 5.95. The van der Waals surface area contributed by atoms with Gasteiger partial charge in [0, 0.05) is 25.7 Å². The average Bonchev–Trinajstić information content (AvgIpc) is 3.67. The van der Waals surface area contributed by atoms with Crippen LogP contribution in [0.5, 0.6) is 0 Å².